The van der Waals surface area contributed by atoms with Crippen molar-refractivity contribution in [2.75, 3.05) is 0 Å². The van der Waals surface area contributed by atoms with E-state index in [1.54, 1.807) is 0 Å². The van der Waals surface area contributed by atoms with Gasteiger partial charge in [-0.2, -0.15) is 0 Å². The molecule has 0 aromatic carbocycles. The number of hydrogen-bond donors (Lipinski definition) is 2. The van der Waals surface area contributed by atoms with E-state index in [2.05, 4.69) is 10.6 Å². The highest BCUT2D eigenvalue weighted by molar-refractivity contribution is 6.37. The topological polar surface area (TPSA) is 75.3 Å². The predicted molar refractivity (Wildman–Crippen MR) is 74.9 cm³/mol. The first kappa shape index (κ1) is 15.0. The van der Waals surface area contributed by atoms with Crippen molar-refractivity contribution in [1.29, 1.82) is 0 Å². The quantitative estimate of drug-likeness (QED) is 0.762. The van der Waals surface area contributed by atoms with E-state index in [-0.39, 0.29) is 29.1 Å². The van der Waals surface area contributed by atoms with Crippen molar-refractivity contribution in [1.82, 2.24) is 10.6 Å². The molecule has 2 atom stereocenters. The number of Topliss-reactive ketones (excluding diaryl/α,β-unsaturated/α-hetero) is 1. The second-order valence-electron chi connectivity index (χ2n) is 7.03. The zero-order valence-electron chi connectivity index (χ0n) is 12.5. The maximum atomic E-state index is 12.0. The van der Waals surface area contributed by atoms with Crippen molar-refractivity contribution < 1.29 is 14.4 Å². The monoisotopic (exact) mass is 280 g/mol. The minimum Gasteiger partial charge on any atom is -0.351 e. The summed E-state index contributed by atoms with van der Waals surface area (Å²) in [5, 5.41) is 5.50. The Balaban J connectivity index is 1.91. The normalized spacial score (nSPS) is 27.4. The summed E-state index contributed by atoms with van der Waals surface area (Å²) in [5.41, 5.74) is -0.0510. The number of nitrogens with one attached hydrogen (secondary N) is 2. The molecule has 0 aromatic heterocycles. The van der Waals surface area contributed by atoms with Crippen LogP contribution in [0.25, 0.3) is 0 Å². The lowest BCUT2D eigenvalue weighted by molar-refractivity contribution is -0.141. The maximum Gasteiger partial charge on any atom is 0.288 e. The van der Waals surface area contributed by atoms with Gasteiger partial charge in [0, 0.05) is 12.0 Å². The highest BCUT2D eigenvalue weighted by Crippen LogP contribution is 2.28. The third kappa shape index (κ3) is 3.19. The van der Waals surface area contributed by atoms with Gasteiger partial charge < -0.3 is 10.6 Å². The standard InChI is InChI=1S/C15H24N2O3/c1-15(2,3)11-8-10(13(19)17-11)16-14(20)12(18)9-6-4-5-7-9/h9-11H,4-8H2,1-3H3,(H,16,20)(H,17,19)/t10-,11-/m0/s1. The third-order valence-electron chi connectivity index (χ3n) is 4.40. The third-order valence-corrected chi connectivity index (χ3v) is 4.40. The van der Waals surface area contributed by atoms with E-state index in [9.17, 15) is 14.4 Å². The van der Waals surface area contributed by atoms with Gasteiger partial charge in [0.2, 0.25) is 11.7 Å². The van der Waals surface area contributed by atoms with Crippen molar-refractivity contribution in [3.05, 3.63) is 0 Å². The van der Waals surface area contributed by atoms with Gasteiger partial charge in [-0.15, -0.1) is 0 Å². The molecule has 1 heterocycles. The molecule has 1 saturated heterocycles. The lowest BCUT2D eigenvalue weighted by Gasteiger charge is -2.26. The van der Waals surface area contributed by atoms with Crippen molar-refractivity contribution in [3.8, 4) is 0 Å². The molecule has 2 N–H and O–H groups in total. The molecule has 0 spiro atoms. The Morgan fingerprint density at radius 2 is 1.80 bits per heavy atom. The fourth-order valence-electron chi connectivity index (χ4n) is 2.97. The molecular weight excluding hydrogens is 256 g/mol. The summed E-state index contributed by atoms with van der Waals surface area (Å²) in [6.45, 7) is 6.14. The summed E-state index contributed by atoms with van der Waals surface area (Å²) < 4.78 is 0. The van der Waals surface area contributed by atoms with E-state index >= 15 is 0 Å². The van der Waals surface area contributed by atoms with Gasteiger partial charge in [0.05, 0.1) is 0 Å². The Labute approximate surface area is 119 Å². The van der Waals surface area contributed by atoms with Gasteiger partial charge in [-0.25, -0.2) is 0 Å². The van der Waals surface area contributed by atoms with Gasteiger partial charge in [0.25, 0.3) is 5.91 Å². The summed E-state index contributed by atoms with van der Waals surface area (Å²) in [4.78, 5) is 35.8. The van der Waals surface area contributed by atoms with Crippen LogP contribution in [-0.4, -0.2) is 29.7 Å². The second kappa shape index (κ2) is 5.54. The Kier molecular flexibility index (Phi) is 4.16. The number of rotatable bonds is 3. The fourth-order valence-corrected chi connectivity index (χ4v) is 2.97. The van der Waals surface area contributed by atoms with Crippen LogP contribution in [0, 0.1) is 11.3 Å². The number of carbonyl (C=O) groups excluding carboxylic acids is 3. The molecule has 0 unspecified atom stereocenters. The van der Waals surface area contributed by atoms with Gasteiger partial charge in [0.1, 0.15) is 6.04 Å². The summed E-state index contributed by atoms with van der Waals surface area (Å²) in [6, 6.07) is -0.543. The molecule has 0 bridgehead atoms. The molecule has 2 fully saturated rings. The van der Waals surface area contributed by atoms with Crippen LogP contribution in [0.5, 0.6) is 0 Å². The van der Waals surface area contributed by atoms with Crippen molar-refractivity contribution in [3.63, 3.8) is 0 Å². The second-order valence-corrected chi connectivity index (χ2v) is 7.03. The van der Waals surface area contributed by atoms with Crippen LogP contribution in [0.15, 0.2) is 0 Å². The molecule has 1 aliphatic carbocycles. The maximum absolute atomic E-state index is 12.0. The van der Waals surface area contributed by atoms with Crippen LogP contribution < -0.4 is 10.6 Å². The van der Waals surface area contributed by atoms with Gasteiger partial charge in [-0.3, -0.25) is 14.4 Å². The molecule has 2 rings (SSSR count). The van der Waals surface area contributed by atoms with Crippen molar-refractivity contribution in [2.24, 2.45) is 11.3 Å². The van der Waals surface area contributed by atoms with Crippen LogP contribution in [0.4, 0.5) is 0 Å². The van der Waals surface area contributed by atoms with Crippen LogP contribution in [0.1, 0.15) is 52.9 Å². The van der Waals surface area contributed by atoms with E-state index < -0.39 is 11.9 Å². The average Bonchev–Trinajstić information content (AvgIpc) is 2.98. The molecule has 112 valence electrons. The van der Waals surface area contributed by atoms with Gasteiger partial charge >= 0.3 is 0 Å². The first-order valence-corrected chi connectivity index (χ1v) is 7.44. The average molecular weight is 280 g/mol. The van der Waals surface area contributed by atoms with Gasteiger partial charge in [-0.05, 0) is 24.7 Å². The lowest BCUT2D eigenvalue weighted by atomic mass is 9.85. The van der Waals surface area contributed by atoms with E-state index in [0.717, 1.165) is 25.7 Å². The van der Waals surface area contributed by atoms with Crippen LogP contribution >= 0.6 is 0 Å². The first-order valence-electron chi connectivity index (χ1n) is 7.44. The van der Waals surface area contributed by atoms with Crippen molar-refractivity contribution >= 4 is 17.6 Å². The van der Waals surface area contributed by atoms with E-state index in [1.165, 1.54) is 0 Å². The van der Waals surface area contributed by atoms with Crippen LogP contribution in [0.3, 0.4) is 0 Å². The number of hydrogen-bond acceptors (Lipinski definition) is 3. The highest BCUT2D eigenvalue weighted by atomic mass is 16.2. The summed E-state index contributed by atoms with van der Waals surface area (Å²) in [6.07, 6.45) is 4.17. The molecule has 1 aliphatic heterocycles. The number of amides is 2. The number of carbonyl (C=O) groups is 3. The fraction of sp³-hybridized carbons (Fsp3) is 0.800. The van der Waals surface area contributed by atoms with Gasteiger partial charge in [-0.1, -0.05) is 33.6 Å². The Bertz CT molecular complexity index is 419. The SMILES string of the molecule is CC(C)(C)[C@@H]1C[C@H](NC(=O)C(=O)C2CCCC2)C(=O)N1. The summed E-state index contributed by atoms with van der Waals surface area (Å²) >= 11 is 0. The zero-order chi connectivity index (χ0) is 14.9. The molecule has 0 aromatic rings. The van der Waals surface area contributed by atoms with Crippen molar-refractivity contribution in [2.45, 2.75) is 65.0 Å². The first-order chi connectivity index (χ1) is 9.29. The van der Waals surface area contributed by atoms with Gasteiger partial charge in [0.15, 0.2) is 0 Å². The highest BCUT2D eigenvalue weighted by Gasteiger charge is 2.40. The molecule has 2 aliphatic rings. The minimum absolute atomic E-state index is 0.0295. The Hall–Kier alpha value is -1.39. The van der Waals surface area contributed by atoms with Crippen LogP contribution in [-0.2, 0) is 14.4 Å². The molecule has 5 heteroatoms. The zero-order valence-corrected chi connectivity index (χ0v) is 12.5. The van der Waals surface area contributed by atoms with E-state index in [0.29, 0.717) is 6.42 Å². The van der Waals surface area contributed by atoms with Crippen LogP contribution in [0.2, 0.25) is 0 Å². The molecule has 5 nitrogen and oxygen atoms in total. The molecule has 0 radical (unpaired) electrons. The largest absolute Gasteiger partial charge is 0.351 e. The molecule has 2 amide bonds. The number of ketones is 1. The summed E-state index contributed by atoms with van der Waals surface area (Å²) in [5.74, 6) is -1.27. The van der Waals surface area contributed by atoms with E-state index in [4.69, 9.17) is 0 Å². The molecule has 20 heavy (non-hydrogen) atoms. The Morgan fingerprint density at radius 1 is 1.20 bits per heavy atom. The Morgan fingerprint density at radius 3 is 2.30 bits per heavy atom. The summed E-state index contributed by atoms with van der Waals surface area (Å²) in [7, 11) is 0. The lowest BCUT2D eigenvalue weighted by Crippen LogP contribution is -2.44. The predicted octanol–water partition coefficient (Wildman–Crippen LogP) is 1.17. The molecule has 1 saturated carbocycles. The smallest absolute Gasteiger partial charge is 0.288 e. The van der Waals surface area contributed by atoms with E-state index in [1.807, 2.05) is 20.8 Å². The minimum atomic E-state index is -0.591. The molecular formula is C15H24N2O3.